The molecule has 1 aromatic rings. The van der Waals surface area contributed by atoms with Gasteiger partial charge in [0.1, 0.15) is 6.33 Å². The summed E-state index contributed by atoms with van der Waals surface area (Å²) >= 11 is 0. The summed E-state index contributed by atoms with van der Waals surface area (Å²) in [6.07, 6.45) is 8.51. The van der Waals surface area contributed by atoms with Crippen molar-refractivity contribution >= 4 is 10.8 Å². The van der Waals surface area contributed by atoms with Crippen molar-refractivity contribution in [3.63, 3.8) is 0 Å². The number of nitrogens with zero attached hydrogens (tertiary/aromatic N) is 3. The fourth-order valence-electron chi connectivity index (χ4n) is 3.08. The van der Waals surface area contributed by atoms with Gasteiger partial charge in [0.05, 0.1) is 10.8 Å². The van der Waals surface area contributed by atoms with Gasteiger partial charge in [-0.1, -0.05) is 20.8 Å². The Bertz CT molecular complexity index is 442. The fourth-order valence-corrected chi connectivity index (χ4v) is 3.70. The topological polar surface area (TPSA) is 47.8 Å². The van der Waals surface area contributed by atoms with E-state index in [0.717, 1.165) is 12.5 Å². The third-order valence-corrected chi connectivity index (χ3v) is 5.19. The first-order chi connectivity index (χ1) is 8.88. The van der Waals surface area contributed by atoms with Crippen LogP contribution in [-0.2, 0) is 17.3 Å². The van der Waals surface area contributed by atoms with E-state index in [1.165, 1.54) is 25.7 Å². The number of hydrogen-bond acceptors (Lipinski definition) is 3. The van der Waals surface area contributed by atoms with Gasteiger partial charge in [-0.3, -0.25) is 4.21 Å². The molecule has 2 rings (SSSR count). The van der Waals surface area contributed by atoms with Crippen molar-refractivity contribution in [2.75, 3.05) is 6.26 Å². The lowest BCUT2D eigenvalue weighted by Gasteiger charge is -2.37. The summed E-state index contributed by atoms with van der Waals surface area (Å²) in [6.45, 7) is 7.95. The van der Waals surface area contributed by atoms with Crippen molar-refractivity contribution < 1.29 is 4.21 Å². The average molecular weight is 283 g/mol. The summed E-state index contributed by atoms with van der Waals surface area (Å²) in [4.78, 5) is 0. The molecule has 0 N–H and O–H groups in total. The summed E-state index contributed by atoms with van der Waals surface area (Å²) < 4.78 is 13.5. The van der Waals surface area contributed by atoms with Crippen molar-refractivity contribution in [1.82, 2.24) is 14.8 Å². The standard InChI is InChI=1S/C14H25N3OS/c1-14(2,3)12-7-5-11(6-8-12)9-17-10-15-16-13(17)19(4)18/h10-12H,5-9H2,1-4H3/t11?,12?,19-/m1/s1. The predicted octanol–water partition coefficient (Wildman–Crippen LogP) is 2.87. The van der Waals surface area contributed by atoms with Crippen LogP contribution in [0, 0.1) is 17.3 Å². The molecule has 0 aromatic carbocycles. The quantitative estimate of drug-likeness (QED) is 0.857. The molecule has 0 bridgehead atoms. The highest BCUT2D eigenvalue weighted by atomic mass is 32.2. The molecule has 0 unspecified atom stereocenters. The van der Waals surface area contributed by atoms with Gasteiger partial charge in [-0.05, 0) is 42.9 Å². The van der Waals surface area contributed by atoms with Crippen LogP contribution in [0.2, 0.25) is 0 Å². The van der Waals surface area contributed by atoms with Crippen LogP contribution < -0.4 is 0 Å². The van der Waals surface area contributed by atoms with Gasteiger partial charge in [-0.2, -0.15) is 0 Å². The second-order valence-electron chi connectivity index (χ2n) is 6.80. The highest BCUT2D eigenvalue weighted by Gasteiger charge is 2.30. The van der Waals surface area contributed by atoms with Crippen LogP contribution in [0.3, 0.4) is 0 Å². The van der Waals surface area contributed by atoms with Gasteiger partial charge in [0.15, 0.2) is 0 Å². The zero-order chi connectivity index (χ0) is 14.0. The Labute approximate surface area is 118 Å². The molecule has 1 fully saturated rings. The normalized spacial score (nSPS) is 26.3. The van der Waals surface area contributed by atoms with E-state index in [4.69, 9.17) is 0 Å². The minimum absolute atomic E-state index is 0.428. The third-order valence-electron chi connectivity index (χ3n) is 4.36. The maximum Gasteiger partial charge on any atom is 0.221 e. The number of aromatic nitrogens is 3. The van der Waals surface area contributed by atoms with E-state index in [0.29, 0.717) is 16.5 Å². The van der Waals surface area contributed by atoms with Crippen LogP contribution in [0.5, 0.6) is 0 Å². The van der Waals surface area contributed by atoms with Crippen molar-refractivity contribution in [1.29, 1.82) is 0 Å². The molecule has 1 saturated carbocycles. The maximum absolute atomic E-state index is 11.5. The molecular weight excluding hydrogens is 258 g/mol. The second kappa shape index (κ2) is 5.73. The van der Waals surface area contributed by atoms with E-state index >= 15 is 0 Å². The number of rotatable bonds is 3. The Morgan fingerprint density at radius 3 is 2.47 bits per heavy atom. The number of hydrogen-bond donors (Lipinski definition) is 0. The van der Waals surface area contributed by atoms with E-state index in [1.54, 1.807) is 12.6 Å². The molecule has 1 atom stereocenters. The smallest absolute Gasteiger partial charge is 0.221 e. The largest absolute Gasteiger partial charge is 0.306 e. The summed E-state index contributed by atoms with van der Waals surface area (Å²) in [5, 5.41) is 8.44. The van der Waals surface area contributed by atoms with Crippen LogP contribution in [0.15, 0.2) is 11.5 Å². The van der Waals surface area contributed by atoms with Gasteiger partial charge < -0.3 is 4.57 Å². The highest BCUT2D eigenvalue weighted by molar-refractivity contribution is 7.84. The van der Waals surface area contributed by atoms with Gasteiger partial charge in [0.25, 0.3) is 0 Å². The molecule has 108 valence electrons. The fraction of sp³-hybridized carbons (Fsp3) is 0.857. The maximum atomic E-state index is 11.5. The molecule has 1 aliphatic rings. The molecule has 0 aliphatic heterocycles. The molecule has 1 aliphatic carbocycles. The second-order valence-corrected chi connectivity index (χ2v) is 8.08. The SMILES string of the molecule is C[S@@](=O)c1nncn1CC1CCC(C(C)(C)C)CC1. The lowest BCUT2D eigenvalue weighted by molar-refractivity contribution is 0.142. The van der Waals surface area contributed by atoms with Crippen LogP contribution in [0.4, 0.5) is 0 Å². The molecule has 0 amide bonds. The Hall–Kier alpha value is -0.710. The molecular formula is C14H25N3OS. The van der Waals surface area contributed by atoms with Crippen molar-refractivity contribution in [2.45, 2.75) is 58.2 Å². The van der Waals surface area contributed by atoms with Crippen LogP contribution in [-0.4, -0.2) is 25.2 Å². The van der Waals surface area contributed by atoms with Crippen LogP contribution in [0.1, 0.15) is 46.5 Å². The summed E-state index contributed by atoms with van der Waals surface area (Å²) in [7, 11) is -1.05. The van der Waals surface area contributed by atoms with E-state index in [9.17, 15) is 4.21 Å². The molecule has 1 heterocycles. The lowest BCUT2D eigenvalue weighted by Crippen LogP contribution is -2.27. The first-order valence-corrected chi connectivity index (χ1v) is 8.65. The van der Waals surface area contributed by atoms with Crippen LogP contribution in [0.25, 0.3) is 0 Å². The molecule has 5 heteroatoms. The van der Waals surface area contributed by atoms with Crippen molar-refractivity contribution in [3.05, 3.63) is 6.33 Å². The summed E-state index contributed by atoms with van der Waals surface area (Å²) in [6, 6.07) is 0. The van der Waals surface area contributed by atoms with Crippen molar-refractivity contribution in [3.8, 4) is 0 Å². The molecule has 0 saturated heterocycles. The Kier molecular flexibility index (Phi) is 4.43. The van der Waals surface area contributed by atoms with Gasteiger partial charge in [-0.15, -0.1) is 10.2 Å². The molecule has 4 nitrogen and oxygen atoms in total. The molecule has 19 heavy (non-hydrogen) atoms. The summed E-state index contributed by atoms with van der Waals surface area (Å²) in [5.41, 5.74) is 0.428. The minimum atomic E-state index is -1.05. The highest BCUT2D eigenvalue weighted by Crippen LogP contribution is 2.40. The van der Waals surface area contributed by atoms with Gasteiger partial charge in [0.2, 0.25) is 5.16 Å². The summed E-state index contributed by atoms with van der Waals surface area (Å²) in [5.74, 6) is 1.52. The van der Waals surface area contributed by atoms with Gasteiger partial charge >= 0.3 is 0 Å². The van der Waals surface area contributed by atoms with E-state index in [2.05, 4.69) is 31.0 Å². The Morgan fingerprint density at radius 1 is 1.32 bits per heavy atom. The first-order valence-electron chi connectivity index (χ1n) is 7.09. The molecule has 1 aromatic heterocycles. The predicted molar refractivity (Wildman–Crippen MR) is 77.3 cm³/mol. The van der Waals surface area contributed by atoms with E-state index in [-0.39, 0.29) is 0 Å². The van der Waals surface area contributed by atoms with Crippen molar-refractivity contribution in [2.24, 2.45) is 17.3 Å². The molecule has 0 radical (unpaired) electrons. The van der Waals surface area contributed by atoms with E-state index in [1.807, 2.05) is 4.57 Å². The lowest BCUT2D eigenvalue weighted by atomic mass is 9.70. The molecule has 0 spiro atoms. The Balaban J connectivity index is 1.92. The monoisotopic (exact) mass is 283 g/mol. The zero-order valence-corrected chi connectivity index (χ0v) is 13.2. The van der Waals surface area contributed by atoms with E-state index < -0.39 is 10.8 Å². The van der Waals surface area contributed by atoms with Crippen LogP contribution >= 0.6 is 0 Å². The minimum Gasteiger partial charge on any atom is -0.306 e. The zero-order valence-electron chi connectivity index (χ0n) is 12.4. The van der Waals surface area contributed by atoms with Gasteiger partial charge in [-0.25, -0.2) is 0 Å². The average Bonchev–Trinajstić information content (AvgIpc) is 2.77. The Morgan fingerprint density at radius 2 is 1.95 bits per heavy atom. The van der Waals surface area contributed by atoms with Gasteiger partial charge in [0, 0.05) is 12.8 Å². The first kappa shape index (κ1) is 14.7. The third kappa shape index (κ3) is 3.65.